The molecule has 2 rings (SSSR count). The maximum Gasteiger partial charge on any atom is 0.143 e. The molecule has 0 bridgehead atoms. The number of hydrogen-bond donors (Lipinski definition) is 1. The van der Waals surface area contributed by atoms with Gasteiger partial charge in [-0.3, -0.25) is 0 Å². The predicted molar refractivity (Wildman–Crippen MR) is 81.3 cm³/mol. The Morgan fingerprint density at radius 3 is 2.58 bits per heavy atom. The zero-order chi connectivity index (χ0) is 14.2. The number of methoxy groups -OCH3 is 1. The van der Waals surface area contributed by atoms with Gasteiger partial charge < -0.3 is 14.6 Å². The molecule has 2 aromatic rings. The second-order valence-corrected chi connectivity index (χ2v) is 5.49. The van der Waals surface area contributed by atoms with E-state index in [0.29, 0.717) is 5.92 Å². The number of fused-ring (bicyclic) bond motifs is 1. The summed E-state index contributed by atoms with van der Waals surface area (Å²) < 4.78 is 7.70. The van der Waals surface area contributed by atoms with E-state index >= 15 is 0 Å². The standard InChI is InChI=1S/C15H21ClN2O/c1-9(2)14-10(8-17-3)13-11(16)6-7-12(19-5)15(13)18(14)4/h6-7,9,17H,8H2,1-5H3. The molecule has 0 radical (unpaired) electrons. The van der Waals surface area contributed by atoms with E-state index < -0.39 is 0 Å². The molecule has 4 heteroatoms. The van der Waals surface area contributed by atoms with Crippen molar-refractivity contribution in [2.45, 2.75) is 26.3 Å². The molecule has 1 heterocycles. The largest absolute Gasteiger partial charge is 0.495 e. The molecule has 0 aliphatic rings. The van der Waals surface area contributed by atoms with Gasteiger partial charge in [0, 0.05) is 24.7 Å². The third kappa shape index (κ3) is 2.21. The molecule has 0 fully saturated rings. The van der Waals surface area contributed by atoms with Gasteiger partial charge in [-0.05, 0) is 30.7 Å². The van der Waals surface area contributed by atoms with Crippen LogP contribution < -0.4 is 10.1 Å². The molecule has 0 aliphatic carbocycles. The molecule has 0 amide bonds. The van der Waals surface area contributed by atoms with Crippen LogP contribution >= 0.6 is 11.6 Å². The number of hydrogen-bond acceptors (Lipinski definition) is 2. The number of nitrogens with one attached hydrogen (secondary N) is 1. The fraction of sp³-hybridized carbons (Fsp3) is 0.467. The van der Waals surface area contributed by atoms with Gasteiger partial charge in [-0.2, -0.15) is 0 Å². The van der Waals surface area contributed by atoms with Gasteiger partial charge in [0.25, 0.3) is 0 Å². The Bertz CT molecular complexity index is 602. The lowest BCUT2D eigenvalue weighted by Gasteiger charge is -2.11. The van der Waals surface area contributed by atoms with Crippen LogP contribution in [0.4, 0.5) is 0 Å². The van der Waals surface area contributed by atoms with Crippen LogP contribution in [-0.4, -0.2) is 18.7 Å². The highest BCUT2D eigenvalue weighted by Gasteiger charge is 2.21. The smallest absolute Gasteiger partial charge is 0.143 e. The van der Waals surface area contributed by atoms with Crippen molar-refractivity contribution in [2.75, 3.05) is 14.2 Å². The van der Waals surface area contributed by atoms with Crippen molar-refractivity contribution in [3.63, 3.8) is 0 Å². The van der Waals surface area contributed by atoms with E-state index in [4.69, 9.17) is 16.3 Å². The summed E-state index contributed by atoms with van der Waals surface area (Å²) in [5, 5.41) is 5.12. The first-order chi connectivity index (χ1) is 9.02. The lowest BCUT2D eigenvalue weighted by Crippen LogP contribution is -2.09. The first-order valence-corrected chi connectivity index (χ1v) is 6.88. The maximum absolute atomic E-state index is 6.42. The Morgan fingerprint density at radius 1 is 1.37 bits per heavy atom. The molecular formula is C15H21ClN2O. The summed E-state index contributed by atoms with van der Waals surface area (Å²) >= 11 is 6.42. The fourth-order valence-electron chi connectivity index (χ4n) is 2.87. The number of benzene rings is 1. The van der Waals surface area contributed by atoms with Crippen molar-refractivity contribution < 1.29 is 4.74 Å². The van der Waals surface area contributed by atoms with Gasteiger partial charge in [-0.25, -0.2) is 0 Å². The van der Waals surface area contributed by atoms with Crippen molar-refractivity contribution >= 4 is 22.5 Å². The van der Waals surface area contributed by atoms with E-state index in [1.807, 2.05) is 19.2 Å². The summed E-state index contributed by atoms with van der Waals surface area (Å²) in [7, 11) is 5.73. The number of ether oxygens (including phenoxy) is 1. The summed E-state index contributed by atoms with van der Waals surface area (Å²) in [6, 6.07) is 3.84. The summed E-state index contributed by atoms with van der Waals surface area (Å²) in [6.45, 7) is 5.21. The van der Waals surface area contributed by atoms with E-state index in [-0.39, 0.29) is 0 Å². The van der Waals surface area contributed by atoms with Crippen molar-refractivity contribution in [2.24, 2.45) is 7.05 Å². The third-order valence-electron chi connectivity index (χ3n) is 3.52. The fourth-order valence-corrected chi connectivity index (χ4v) is 3.14. The quantitative estimate of drug-likeness (QED) is 0.925. The van der Waals surface area contributed by atoms with E-state index in [0.717, 1.165) is 28.2 Å². The van der Waals surface area contributed by atoms with E-state index in [1.165, 1.54) is 11.3 Å². The minimum atomic E-state index is 0.432. The van der Waals surface area contributed by atoms with Gasteiger partial charge in [0.1, 0.15) is 5.75 Å². The molecule has 1 N–H and O–H groups in total. The molecule has 3 nitrogen and oxygen atoms in total. The van der Waals surface area contributed by atoms with Crippen LogP contribution in [0.25, 0.3) is 10.9 Å². The zero-order valence-electron chi connectivity index (χ0n) is 12.2. The molecule has 0 atom stereocenters. The van der Waals surface area contributed by atoms with Crippen molar-refractivity contribution in [3.05, 3.63) is 28.4 Å². The highest BCUT2D eigenvalue weighted by Crippen LogP contribution is 2.39. The Balaban J connectivity index is 2.91. The van der Waals surface area contributed by atoms with E-state index in [9.17, 15) is 0 Å². The molecule has 104 valence electrons. The number of aryl methyl sites for hydroxylation is 1. The Labute approximate surface area is 119 Å². The van der Waals surface area contributed by atoms with Crippen LogP contribution in [0, 0.1) is 0 Å². The number of halogens is 1. The lowest BCUT2D eigenvalue weighted by molar-refractivity contribution is 0.417. The van der Waals surface area contributed by atoms with Gasteiger partial charge in [-0.1, -0.05) is 25.4 Å². The van der Waals surface area contributed by atoms with Gasteiger partial charge in [0.05, 0.1) is 17.6 Å². The normalized spacial score (nSPS) is 11.5. The summed E-state index contributed by atoms with van der Waals surface area (Å²) in [5.41, 5.74) is 3.64. The molecule has 0 unspecified atom stereocenters. The first kappa shape index (κ1) is 14.2. The van der Waals surface area contributed by atoms with E-state index in [2.05, 4.69) is 30.8 Å². The molecular weight excluding hydrogens is 260 g/mol. The highest BCUT2D eigenvalue weighted by molar-refractivity contribution is 6.36. The average molecular weight is 281 g/mol. The minimum Gasteiger partial charge on any atom is -0.495 e. The SMILES string of the molecule is CNCc1c(C(C)C)n(C)c2c(OC)ccc(Cl)c12. The highest BCUT2D eigenvalue weighted by atomic mass is 35.5. The zero-order valence-corrected chi connectivity index (χ0v) is 12.9. The van der Waals surface area contributed by atoms with Crippen LogP contribution in [0.3, 0.4) is 0 Å². The number of rotatable bonds is 4. The molecule has 0 saturated heterocycles. The van der Waals surface area contributed by atoms with Crippen LogP contribution in [0.5, 0.6) is 5.75 Å². The topological polar surface area (TPSA) is 26.2 Å². The lowest BCUT2D eigenvalue weighted by atomic mass is 10.0. The molecule has 19 heavy (non-hydrogen) atoms. The average Bonchev–Trinajstić information content (AvgIpc) is 2.65. The van der Waals surface area contributed by atoms with Crippen molar-refractivity contribution in [1.82, 2.24) is 9.88 Å². The second-order valence-electron chi connectivity index (χ2n) is 5.08. The number of aromatic nitrogens is 1. The van der Waals surface area contributed by atoms with E-state index in [1.54, 1.807) is 7.11 Å². The minimum absolute atomic E-state index is 0.432. The number of nitrogens with zero attached hydrogens (tertiary/aromatic N) is 1. The van der Waals surface area contributed by atoms with Crippen LogP contribution in [-0.2, 0) is 13.6 Å². The summed E-state index contributed by atoms with van der Waals surface area (Å²) in [5.74, 6) is 1.30. The van der Waals surface area contributed by atoms with Crippen molar-refractivity contribution in [1.29, 1.82) is 0 Å². The molecule has 0 saturated carbocycles. The first-order valence-electron chi connectivity index (χ1n) is 6.51. The van der Waals surface area contributed by atoms with Crippen LogP contribution in [0.15, 0.2) is 12.1 Å². The molecule has 0 spiro atoms. The van der Waals surface area contributed by atoms with Crippen LogP contribution in [0.1, 0.15) is 31.0 Å². The Hall–Kier alpha value is -1.19. The Morgan fingerprint density at radius 2 is 2.05 bits per heavy atom. The molecule has 0 aliphatic heterocycles. The Kier molecular flexibility index (Phi) is 4.07. The van der Waals surface area contributed by atoms with Gasteiger partial charge in [0.15, 0.2) is 0 Å². The summed E-state index contributed by atoms with van der Waals surface area (Å²) in [6.07, 6.45) is 0. The second kappa shape index (κ2) is 5.43. The van der Waals surface area contributed by atoms with Gasteiger partial charge >= 0.3 is 0 Å². The van der Waals surface area contributed by atoms with Gasteiger partial charge in [0.2, 0.25) is 0 Å². The van der Waals surface area contributed by atoms with Gasteiger partial charge in [-0.15, -0.1) is 0 Å². The molecule has 1 aromatic carbocycles. The predicted octanol–water partition coefficient (Wildman–Crippen LogP) is 3.68. The molecule has 1 aromatic heterocycles. The third-order valence-corrected chi connectivity index (χ3v) is 3.83. The van der Waals surface area contributed by atoms with Crippen LogP contribution in [0.2, 0.25) is 5.02 Å². The monoisotopic (exact) mass is 280 g/mol. The van der Waals surface area contributed by atoms with Crippen molar-refractivity contribution in [3.8, 4) is 5.75 Å². The maximum atomic E-state index is 6.42. The summed E-state index contributed by atoms with van der Waals surface area (Å²) in [4.78, 5) is 0.